The van der Waals surface area contributed by atoms with E-state index >= 15 is 0 Å². The van der Waals surface area contributed by atoms with Gasteiger partial charge >= 0.3 is 0 Å². The summed E-state index contributed by atoms with van der Waals surface area (Å²) < 4.78 is 15.5. The molecule has 0 saturated carbocycles. The van der Waals surface area contributed by atoms with Crippen LogP contribution in [-0.4, -0.2) is 25.8 Å². The molecule has 2 aromatic rings. The second-order valence-electron chi connectivity index (χ2n) is 5.27. The minimum atomic E-state index is -0.746. The number of halogens is 1. The summed E-state index contributed by atoms with van der Waals surface area (Å²) in [7, 11) is 0. The maximum atomic E-state index is 13.8. The number of hydrogen-bond acceptors (Lipinski definition) is 4. The highest BCUT2D eigenvalue weighted by molar-refractivity contribution is 5.97. The zero-order valence-electron chi connectivity index (χ0n) is 12.2. The second kappa shape index (κ2) is 5.75. The molecule has 0 bridgehead atoms. The monoisotopic (exact) mass is 304 g/mol. The van der Waals surface area contributed by atoms with Crippen LogP contribution in [-0.2, 0) is 13.0 Å². The number of amides is 1. The molecule has 1 aliphatic heterocycles. The van der Waals surface area contributed by atoms with E-state index in [9.17, 15) is 14.3 Å². The van der Waals surface area contributed by atoms with Crippen LogP contribution in [0.15, 0.2) is 18.2 Å². The van der Waals surface area contributed by atoms with E-state index in [-0.39, 0.29) is 17.4 Å². The molecule has 1 aliphatic rings. The number of aryl methyl sites for hydroxylation is 2. The van der Waals surface area contributed by atoms with Crippen LogP contribution in [0.1, 0.15) is 47.8 Å². The Labute approximate surface area is 127 Å². The van der Waals surface area contributed by atoms with Gasteiger partial charge in [-0.15, -0.1) is 0 Å². The fourth-order valence-electron chi connectivity index (χ4n) is 2.65. The molecule has 0 aliphatic carbocycles. The average molecular weight is 304 g/mol. The Balaban J connectivity index is 1.85. The van der Waals surface area contributed by atoms with Gasteiger partial charge in [0.2, 0.25) is 0 Å². The third kappa shape index (κ3) is 2.54. The maximum Gasteiger partial charge on any atom is 0.258 e. The Morgan fingerprint density at radius 3 is 3.09 bits per heavy atom. The molecule has 2 heterocycles. The topological polar surface area (TPSA) is 80.0 Å². The van der Waals surface area contributed by atoms with E-state index in [1.165, 1.54) is 12.1 Å². The Kier molecular flexibility index (Phi) is 3.79. The summed E-state index contributed by atoms with van der Waals surface area (Å²) in [5.41, 5.74) is -0.338. The number of rotatable bonds is 3. The lowest BCUT2D eigenvalue weighted by molar-refractivity contribution is 0.0920. The van der Waals surface area contributed by atoms with Crippen molar-refractivity contribution in [1.29, 1.82) is 0 Å². The largest absolute Gasteiger partial charge is 0.507 e. The standard InChI is InChI=1S/C15H17FN4O2/c1-2-12-18-14-10(6-4-8-20(14)19-12)17-15(22)13-9(16)5-3-7-11(13)21/h3,5,7,10,21H,2,4,6,8H2,1H3,(H,17,22). The van der Waals surface area contributed by atoms with Gasteiger partial charge in [0.15, 0.2) is 5.82 Å². The van der Waals surface area contributed by atoms with E-state index in [0.717, 1.165) is 31.3 Å². The molecule has 0 radical (unpaired) electrons. The van der Waals surface area contributed by atoms with Crippen LogP contribution >= 0.6 is 0 Å². The molecule has 1 aromatic heterocycles. The Bertz CT molecular complexity index is 693. The Hall–Kier alpha value is -2.44. The van der Waals surface area contributed by atoms with Crippen LogP contribution in [0.5, 0.6) is 5.75 Å². The minimum Gasteiger partial charge on any atom is -0.507 e. The van der Waals surface area contributed by atoms with Gasteiger partial charge in [-0.25, -0.2) is 14.1 Å². The molecular weight excluding hydrogens is 287 g/mol. The molecular formula is C15H17FN4O2. The third-order valence-corrected chi connectivity index (χ3v) is 3.76. The van der Waals surface area contributed by atoms with Gasteiger partial charge < -0.3 is 10.4 Å². The molecule has 1 atom stereocenters. The highest BCUT2D eigenvalue weighted by Crippen LogP contribution is 2.25. The number of phenolic OH excluding ortho intramolecular Hbond substituents is 1. The van der Waals surface area contributed by atoms with E-state index in [2.05, 4.69) is 15.4 Å². The van der Waals surface area contributed by atoms with Crippen LogP contribution in [0.3, 0.4) is 0 Å². The summed E-state index contributed by atoms with van der Waals surface area (Å²) in [6, 6.07) is 3.46. The molecule has 0 saturated heterocycles. The zero-order valence-corrected chi connectivity index (χ0v) is 12.2. The number of carbonyl (C=O) groups excluding carboxylic acids is 1. The van der Waals surface area contributed by atoms with E-state index in [0.29, 0.717) is 12.2 Å². The maximum absolute atomic E-state index is 13.8. The lowest BCUT2D eigenvalue weighted by Crippen LogP contribution is -2.33. The first-order chi connectivity index (χ1) is 10.6. The number of carbonyl (C=O) groups is 1. The summed E-state index contributed by atoms with van der Waals surface area (Å²) in [6.07, 6.45) is 2.28. The number of nitrogens with zero attached hydrogens (tertiary/aromatic N) is 3. The summed E-state index contributed by atoms with van der Waals surface area (Å²) in [5, 5.41) is 16.8. The predicted molar refractivity (Wildman–Crippen MR) is 76.9 cm³/mol. The molecule has 3 rings (SSSR count). The van der Waals surface area contributed by atoms with Gasteiger partial charge in [0.1, 0.15) is 23.0 Å². The van der Waals surface area contributed by atoms with Crippen molar-refractivity contribution in [3.05, 3.63) is 41.2 Å². The number of fused-ring (bicyclic) bond motifs is 1. The SMILES string of the molecule is CCc1nc2n(n1)CCCC2NC(=O)c1c(O)cccc1F. The lowest BCUT2D eigenvalue weighted by atomic mass is 10.1. The average Bonchev–Trinajstić information content (AvgIpc) is 2.91. The fourth-order valence-corrected chi connectivity index (χ4v) is 2.65. The normalized spacial score (nSPS) is 17.1. The Morgan fingerprint density at radius 1 is 1.55 bits per heavy atom. The van der Waals surface area contributed by atoms with Crippen molar-refractivity contribution in [3.8, 4) is 5.75 Å². The van der Waals surface area contributed by atoms with Gasteiger partial charge in [0, 0.05) is 13.0 Å². The summed E-state index contributed by atoms with van der Waals surface area (Å²) in [6.45, 7) is 2.73. The first-order valence-electron chi connectivity index (χ1n) is 7.32. The summed E-state index contributed by atoms with van der Waals surface area (Å²) in [5.74, 6) is -0.347. The smallest absolute Gasteiger partial charge is 0.258 e. The molecule has 2 N–H and O–H groups in total. The number of phenols is 1. The van der Waals surface area contributed by atoms with E-state index in [4.69, 9.17) is 0 Å². The highest BCUT2D eigenvalue weighted by atomic mass is 19.1. The predicted octanol–water partition coefficient (Wildman–Crippen LogP) is 1.95. The molecule has 22 heavy (non-hydrogen) atoms. The van der Waals surface area contributed by atoms with Crippen LogP contribution in [0.2, 0.25) is 0 Å². The second-order valence-corrected chi connectivity index (χ2v) is 5.27. The van der Waals surface area contributed by atoms with Gasteiger partial charge in [-0.1, -0.05) is 13.0 Å². The molecule has 7 heteroatoms. The van der Waals surface area contributed by atoms with E-state index < -0.39 is 11.7 Å². The van der Waals surface area contributed by atoms with Crippen molar-refractivity contribution in [1.82, 2.24) is 20.1 Å². The van der Waals surface area contributed by atoms with Crippen molar-refractivity contribution in [2.45, 2.75) is 38.8 Å². The molecule has 1 aromatic carbocycles. The quantitative estimate of drug-likeness (QED) is 0.908. The van der Waals surface area contributed by atoms with Crippen LogP contribution in [0, 0.1) is 5.82 Å². The molecule has 1 unspecified atom stereocenters. The summed E-state index contributed by atoms with van der Waals surface area (Å²) >= 11 is 0. The molecule has 1 amide bonds. The van der Waals surface area contributed by atoms with Crippen LogP contribution in [0.25, 0.3) is 0 Å². The number of hydrogen-bond donors (Lipinski definition) is 2. The minimum absolute atomic E-state index is 0.326. The van der Waals surface area contributed by atoms with Crippen molar-refractivity contribution in [3.63, 3.8) is 0 Å². The highest BCUT2D eigenvalue weighted by Gasteiger charge is 2.27. The van der Waals surface area contributed by atoms with Gasteiger partial charge in [-0.05, 0) is 25.0 Å². The summed E-state index contributed by atoms with van der Waals surface area (Å²) in [4.78, 5) is 16.7. The van der Waals surface area contributed by atoms with Crippen LogP contribution in [0.4, 0.5) is 4.39 Å². The van der Waals surface area contributed by atoms with Crippen LogP contribution < -0.4 is 5.32 Å². The van der Waals surface area contributed by atoms with Crippen molar-refractivity contribution < 1.29 is 14.3 Å². The first kappa shape index (κ1) is 14.5. The van der Waals surface area contributed by atoms with Gasteiger partial charge in [0.25, 0.3) is 5.91 Å². The first-order valence-corrected chi connectivity index (χ1v) is 7.32. The van der Waals surface area contributed by atoms with Gasteiger partial charge in [-0.2, -0.15) is 5.10 Å². The number of aromatic nitrogens is 3. The van der Waals surface area contributed by atoms with Gasteiger partial charge in [0.05, 0.1) is 6.04 Å². The molecule has 0 fully saturated rings. The van der Waals surface area contributed by atoms with Gasteiger partial charge in [-0.3, -0.25) is 4.79 Å². The number of aromatic hydroxyl groups is 1. The van der Waals surface area contributed by atoms with E-state index in [1.807, 2.05) is 6.92 Å². The van der Waals surface area contributed by atoms with Crippen molar-refractivity contribution >= 4 is 5.91 Å². The Morgan fingerprint density at radius 2 is 2.36 bits per heavy atom. The van der Waals surface area contributed by atoms with Crippen molar-refractivity contribution in [2.75, 3.05) is 0 Å². The molecule has 0 spiro atoms. The van der Waals surface area contributed by atoms with Crippen molar-refractivity contribution in [2.24, 2.45) is 0 Å². The number of nitrogens with one attached hydrogen (secondary N) is 1. The molecule has 116 valence electrons. The zero-order chi connectivity index (χ0) is 15.7. The molecule has 6 nitrogen and oxygen atoms in total. The van der Waals surface area contributed by atoms with E-state index in [1.54, 1.807) is 4.68 Å². The third-order valence-electron chi connectivity index (χ3n) is 3.76. The fraction of sp³-hybridized carbons (Fsp3) is 0.400. The lowest BCUT2D eigenvalue weighted by Gasteiger charge is -2.23. The number of benzene rings is 1.